The average molecular weight is 508 g/mol. The number of aromatic nitrogens is 2. The third-order valence-electron chi connectivity index (χ3n) is 4.58. The zero-order valence-electron chi connectivity index (χ0n) is 15.8. The van der Waals surface area contributed by atoms with Crippen molar-refractivity contribution < 1.29 is 13.2 Å². The first-order valence-corrected chi connectivity index (χ1v) is 10.2. The Morgan fingerprint density at radius 2 is 1.71 bits per heavy atom. The van der Waals surface area contributed by atoms with Crippen molar-refractivity contribution in [2.45, 2.75) is 6.18 Å². The van der Waals surface area contributed by atoms with E-state index in [2.05, 4.69) is 26.3 Å². The van der Waals surface area contributed by atoms with Gasteiger partial charge in [-0.05, 0) is 63.5 Å². The van der Waals surface area contributed by atoms with Gasteiger partial charge in [-0.2, -0.15) is 13.2 Å². The quantitative estimate of drug-likeness (QED) is 0.285. The Hall–Kier alpha value is -2.97. The number of rotatable bonds is 4. The average Bonchev–Trinajstić information content (AvgIpc) is 3.08. The number of para-hydroxylation sites is 1. The monoisotopic (exact) mass is 506 g/mol. The molecular weight excluding hydrogens is 493 g/mol. The van der Waals surface area contributed by atoms with Crippen LogP contribution in [0.5, 0.6) is 0 Å². The molecule has 0 fully saturated rings. The third-order valence-corrected chi connectivity index (χ3v) is 5.48. The van der Waals surface area contributed by atoms with Gasteiger partial charge in [0.1, 0.15) is 0 Å². The topological polar surface area (TPSA) is 55.9 Å². The number of benzene rings is 3. The van der Waals surface area contributed by atoms with Crippen molar-refractivity contribution in [2.24, 2.45) is 0 Å². The van der Waals surface area contributed by atoms with Gasteiger partial charge in [0.2, 0.25) is 0 Å². The van der Waals surface area contributed by atoms with E-state index in [4.69, 9.17) is 17.3 Å². The van der Waals surface area contributed by atoms with Gasteiger partial charge in [-0.1, -0.05) is 41.9 Å². The molecule has 0 aliphatic rings. The van der Waals surface area contributed by atoms with Gasteiger partial charge in [-0.25, -0.2) is 4.68 Å². The van der Waals surface area contributed by atoms with Crippen LogP contribution in [0.25, 0.3) is 16.8 Å². The molecule has 1 heterocycles. The second-order valence-electron chi connectivity index (χ2n) is 6.73. The Labute approximate surface area is 189 Å². The Balaban J connectivity index is 1.70. The Bertz CT molecular complexity index is 1240. The van der Waals surface area contributed by atoms with E-state index < -0.39 is 11.7 Å². The lowest BCUT2D eigenvalue weighted by Crippen LogP contribution is -2.08. The number of nitrogens with two attached hydrogens (primary N) is 1. The van der Waals surface area contributed by atoms with Crippen molar-refractivity contribution in [3.05, 3.63) is 88.0 Å². The molecular formula is C22H15BrClF3N4. The van der Waals surface area contributed by atoms with Gasteiger partial charge in [0, 0.05) is 17.6 Å². The highest BCUT2D eigenvalue weighted by molar-refractivity contribution is 9.10. The molecule has 158 valence electrons. The van der Waals surface area contributed by atoms with E-state index >= 15 is 0 Å². The number of anilines is 3. The number of halogens is 5. The van der Waals surface area contributed by atoms with Crippen molar-refractivity contribution >= 4 is 44.7 Å². The SMILES string of the molecule is Nc1ccc(-c2ccc(Nc3nn(-c4ccccc4Cl)cc3Br)cc2C(F)(F)F)cc1. The van der Waals surface area contributed by atoms with Crippen molar-refractivity contribution in [3.8, 4) is 16.8 Å². The lowest BCUT2D eigenvalue weighted by molar-refractivity contribution is -0.137. The summed E-state index contributed by atoms with van der Waals surface area (Å²) in [4.78, 5) is 0. The van der Waals surface area contributed by atoms with E-state index in [1.165, 1.54) is 6.07 Å². The first kappa shape index (κ1) is 21.3. The number of nitrogens with zero attached hydrogens (tertiary/aromatic N) is 2. The summed E-state index contributed by atoms with van der Waals surface area (Å²) < 4.78 is 43.5. The molecule has 0 aliphatic carbocycles. The largest absolute Gasteiger partial charge is 0.417 e. The molecule has 4 nitrogen and oxygen atoms in total. The molecule has 0 spiro atoms. The summed E-state index contributed by atoms with van der Waals surface area (Å²) in [6.07, 6.45) is -2.86. The highest BCUT2D eigenvalue weighted by Gasteiger charge is 2.34. The van der Waals surface area contributed by atoms with Gasteiger partial charge in [0.15, 0.2) is 5.82 Å². The number of alkyl halides is 3. The van der Waals surface area contributed by atoms with Gasteiger partial charge in [-0.3, -0.25) is 0 Å². The maximum atomic E-state index is 13.8. The van der Waals surface area contributed by atoms with E-state index in [9.17, 15) is 13.2 Å². The maximum Gasteiger partial charge on any atom is 0.417 e. The second-order valence-corrected chi connectivity index (χ2v) is 7.99. The normalized spacial score (nSPS) is 11.5. The fourth-order valence-corrected chi connectivity index (χ4v) is 3.70. The molecule has 3 N–H and O–H groups in total. The van der Waals surface area contributed by atoms with Crippen LogP contribution in [-0.2, 0) is 6.18 Å². The molecule has 0 unspecified atom stereocenters. The number of hydrogen-bond donors (Lipinski definition) is 2. The molecule has 0 radical (unpaired) electrons. The second kappa shape index (κ2) is 8.28. The summed E-state index contributed by atoms with van der Waals surface area (Å²) >= 11 is 9.60. The zero-order valence-corrected chi connectivity index (χ0v) is 18.1. The van der Waals surface area contributed by atoms with E-state index in [1.807, 2.05) is 6.07 Å². The first-order valence-electron chi connectivity index (χ1n) is 9.06. The minimum Gasteiger partial charge on any atom is -0.399 e. The summed E-state index contributed by atoms with van der Waals surface area (Å²) in [7, 11) is 0. The maximum absolute atomic E-state index is 13.8. The fraction of sp³-hybridized carbons (Fsp3) is 0.0455. The van der Waals surface area contributed by atoms with Crippen molar-refractivity contribution in [1.82, 2.24) is 9.78 Å². The summed E-state index contributed by atoms with van der Waals surface area (Å²) in [5, 5.41) is 7.83. The molecule has 0 aliphatic heterocycles. The van der Waals surface area contributed by atoms with Gasteiger partial charge < -0.3 is 11.1 Å². The van der Waals surface area contributed by atoms with Crippen LogP contribution in [0.15, 0.2) is 77.4 Å². The van der Waals surface area contributed by atoms with Crippen molar-refractivity contribution in [1.29, 1.82) is 0 Å². The Morgan fingerprint density at radius 1 is 1.00 bits per heavy atom. The van der Waals surface area contributed by atoms with Gasteiger partial charge in [-0.15, -0.1) is 5.10 Å². The zero-order chi connectivity index (χ0) is 22.2. The summed E-state index contributed by atoms with van der Waals surface area (Å²) in [5.74, 6) is 0.355. The van der Waals surface area contributed by atoms with Crippen LogP contribution in [0.4, 0.5) is 30.4 Å². The molecule has 0 saturated heterocycles. The highest BCUT2D eigenvalue weighted by atomic mass is 79.9. The van der Waals surface area contributed by atoms with Gasteiger partial charge in [0.25, 0.3) is 0 Å². The molecule has 9 heteroatoms. The van der Waals surface area contributed by atoms with Crippen molar-refractivity contribution in [3.63, 3.8) is 0 Å². The molecule has 31 heavy (non-hydrogen) atoms. The van der Waals surface area contributed by atoms with Crippen LogP contribution < -0.4 is 11.1 Å². The van der Waals surface area contributed by atoms with Crippen LogP contribution in [0.2, 0.25) is 5.02 Å². The van der Waals surface area contributed by atoms with E-state index in [-0.39, 0.29) is 11.3 Å². The lowest BCUT2D eigenvalue weighted by atomic mass is 9.98. The van der Waals surface area contributed by atoms with E-state index in [0.29, 0.717) is 32.3 Å². The number of nitrogen functional groups attached to an aromatic ring is 1. The predicted molar refractivity (Wildman–Crippen MR) is 121 cm³/mol. The first-order chi connectivity index (χ1) is 14.7. The van der Waals surface area contributed by atoms with E-state index in [0.717, 1.165) is 6.07 Å². The van der Waals surface area contributed by atoms with Crippen molar-refractivity contribution in [2.75, 3.05) is 11.1 Å². The van der Waals surface area contributed by atoms with Crippen LogP contribution >= 0.6 is 27.5 Å². The fourth-order valence-electron chi connectivity index (χ4n) is 3.11. The van der Waals surface area contributed by atoms with Gasteiger partial charge in [0.05, 0.1) is 20.7 Å². The van der Waals surface area contributed by atoms with Crippen LogP contribution in [0, 0.1) is 0 Å². The summed E-state index contributed by atoms with van der Waals surface area (Å²) in [6.45, 7) is 0. The molecule has 0 saturated carbocycles. The van der Waals surface area contributed by atoms with Crippen LogP contribution in [-0.4, -0.2) is 9.78 Å². The standard InChI is InChI=1S/C22H15BrClF3N4/c23-18-12-31(20-4-2-1-3-19(20)24)30-21(18)29-15-9-10-16(17(11-15)22(25,26)27)13-5-7-14(28)8-6-13/h1-12H,28H2,(H,29,30). The molecule has 0 bridgehead atoms. The highest BCUT2D eigenvalue weighted by Crippen LogP contribution is 2.39. The van der Waals surface area contributed by atoms with E-state index in [1.54, 1.807) is 59.4 Å². The minimum atomic E-state index is -4.54. The molecule has 1 aromatic heterocycles. The Kier molecular flexibility index (Phi) is 5.68. The lowest BCUT2D eigenvalue weighted by Gasteiger charge is -2.15. The summed E-state index contributed by atoms with van der Waals surface area (Å²) in [6, 6.07) is 17.5. The number of nitrogens with one attached hydrogen (secondary N) is 1. The Morgan fingerprint density at radius 3 is 2.39 bits per heavy atom. The van der Waals surface area contributed by atoms with Crippen LogP contribution in [0.1, 0.15) is 5.56 Å². The smallest absolute Gasteiger partial charge is 0.399 e. The van der Waals surface area contributed by atoms with Crippen LogP contribution in [0.3, 0.4) is 0 Å². The molecule has 0 atom stereocenters. The number of hydrogen-bond acceptors (Lipinski definition) is 3. The molecule has 0 amide bonds. The van der Waals surface area contributed by atoms with Gasteiger partial charge >= 0.3 is 6.18 Å². The minimum absolute atomic E-state index is 0.0683. The summed E-state index contributed by atoms with van der Waals surface area (Å²) in [5.41, 5.74) is 6.76. The molecule has 4 rings (SSSR count). The molecule has 4 aromatic rings. The molecule has 3 aromatic carbocycles. The third kappa shape index (κ3) is 4.55. The predicted octanol–water partition coefficient (Wildman–Crippen LogP) is 7.30.